The quantitative estimate of drug-likeness (QED) is 0.397. The second kappa shape index (κ2) is 6.84. The van der Waals surface area contributed by atoms with Crippen LogP contribution in [-0.2, 0) is 10.0 Å². The number of aliphatic imine (C=N–C) groups is 1. The molecule has 0 aliphatic carbocycles. The van der Waals surface area contributed by atoms with E-state index < -0.39 is 10.0 Å². The molecule has 0 amide bonds. The molecule has 92 valence electrons. The molecule has 1 aromatic rings. The molecule has 0 aliphatic rings. The lowest BCUT2D eigenvalue weighted by molar-refractivity contribution is 0.584. The van der Waals surface area contributed by atoms with Gasteiger partial charge in [0.05, 0.1) is 6.54 Å². The number of hydrogen-bond donors (Lipinski definition) is 3. The van der Waals surface area contributed by atoms with Crippen LogP contribution in [0, 0.1) is 0 Å². The highest BCUT2D eigenvalue weighted by Gasteiger charge is 2.13. The molecule has 1 heterocycles. The van der Waals surface area contributed by atoms with Crippen molar-refractivity contribution in [2.24, 2.45) is 16.5 Å². The first kappa shape index (κ1) is 15.4. The molecule has 0 saturated heterocycles. The largest absolute Gasteiger partial charge is 0.370 e. The minimum Gasteiger partial charge on any atom is -0.370 e. The van der Waals surface area contributed by atoms with Crippen LogP contribution in [0.5, 0.6) is 0 Å². The molecule has 0 spiro atoms. The second-order valence-corrected chi connectivity index (χ2v) is 5.58. The number of nitrogens with one attached hydrogen (secondary N) is 1. The first-order valence-corrected chi connectivity index (χ1v) is 6.47. The van der Waals surface area contributed by atoms with E-state index in [1.165, 1.54) is 6.07 Å². The van der Waals surface area contributed by atoms with Crippen LogP contribution in [0.15, 0.2) is 26.7 Å². The molecule has 16 heavy (non-hydrogen) atoms. The Morgan fingerprint density at radius 1 is 1.50 bits per heavy atom. The standard InChI is InChI=1S/C7H12N4O2S2.BrH/c8-7(9)10-3-4-11-15(12,13)6-2-1-5-14-6;/h1-2,5,11H,3-4H2,(H4,8,9,10);1H. The highest BCUT2D eigenvalue weighted by atomic mass is 79.9. The molecule has 0 saturated carbocycles. The Kier molecular flexibility index (Phi) is 6.56. The summed E-state index contributed by atoms with van der Waals surface area (Å²) in [4.78, 5) is 3.66. The van der Waals surface area contributed by atoms with Crippen molar-refractivity contribution in [3.63, 3.8) is 0 Å². The van der Waals surface area contributed by atoms with Gasteiger partial charge in [0, 0.05) is 6.54 Å². The van der Waals surface area contributed by atoms with Gasteiger partial charge < -0.3 is 11.5 Å². The molecule has 0 atom stereocenters. The molecule has 0 radical (unpaired) electrons. The molecule has 6 nitrogen and oxygen atoms in total. The Bertz CT molecular complexity index is 425. The van der Waals surface area contributed by atoms with E-state index in [1.54, 1.807) is 11.4 Å². The highest BCUT2D eigenvalue weighted by Crippen LogP contribution is 2.14. The second-order valence-electron chi connectivity index (χ2n) is 2.64. The lowest BCUT2D eigenvalue weighted by Crippen LogP contribution is -2.28. The number of guanidine groups is 1. The summed E-state index contributed by atoms with van der Waals surface area (Å²) in [5.74, 6) is -0.0506. The Balaban J connectivity index is 0.00000225. The van der Waals surface area contributed by atoms with E-state index in [9.17, 15) is 8.42 Å². The SMILES string of the molecule is Br.NC(N)=NCCNS(=O)(=O)c1cccs1. The summed E-state index contributed by atoms with van der Waals surface area (Å²) < 4.78 is 25.7. The van der Waals surface area contributed by atoms with E-state index in [2.05, 4.69) is 9.71 Å². The molecule has 9 heteroatoms. The maximum atomic E-state index is 11.5. The normalized spacial score (nSPS) is 10.5. The van der Waals surface area contributed by atoms with Gasteiger partial charge in [0.15, 0.2) is 5.96 Å². The van der Waals surface area contributed by atoms with Gasteiger partial charge in [-0.3, -0.25) is 4.99 Å². The molecule has 0 unspecified atom stereocenters. The van der Waals surface area contributed by atoms with Gasteiger partial charge in [-0.1, -0.05) is 6.07 Å². The Hall–Kier alpha value is -0.640. The van der Waals surface area contributed by atoms with Crippen molar-refractivity contribution >= 4 is 44.3 Å². The van der Waals surface area contributed by atoms with Crippen LogP contribution in [0.4, 0.5) is 0 Å². The van der Waals surface area contributed by atoms with E-state index in [4.69, 9.17) is 11.5 Å². The van der Waals surface area contributed by atoms with Crippen LogP contribution in [0.1, 0.15) is 0 Å². The van der Waals surface area contributed by atoms with Crippen molar-refractivity contribution in [1.82, 2.24) is 4.72 Å². The third-order valence-electron chi connectivity index (χ3n) is 1.46. The maximum absolute atomic E-state index is 11.5. The van der Waals surface area contributed by atoms with Crippen molar-refractivity contribution in [3.8, 4) is 0 Å². The third-order valence-corrected chi connectivity index (χ3v) is 4.32. The predicted molar refractivity (Wildman–Crippen MR) is 70.5 cm³/mol. The van der Waals surface area contributed by atoms with Crippen LogP contribution >= 0.6 is 28.3 Å². The molecule has 5 N–H and O–H groups in total. The zero-order chi connectivity index (χ0) is 11.3. The highest BCUT2D eigenvalue weighted by molar-refractivity contribution is 8.93. The van der Waals surface area contributed by atoms with Crippen LogP contribution < -0.4 is 16.2 Å². The first-order valence-electron chi connectivity index (χ1n) is 4.11. The van der Waals surface area contributed by atoms with Crippen LogP contribution in [0.3, 0.4) is 0 Å². The summed E-state index contributed by atoms with van der Waals surface area (Å²) in [7, 11) is -3.40. The molecular formula is C7H13BrN4O2S2. The topological polar surface area (TPSA) is 111 Å². The average molecular weight is 329 g/mol. The Morgan fingerprint density at radius 3 is 2.69 bits per heavy atom. The number of hydrogen-bond acceptors (Lipinski definition) is 4. The van der Waals surface area contributed by atoms with E-state index >= 15 is 0 Å². The predicted octanol–water partition coefficient (Wildman–Crippen LogP) is -0.122. The molecule has 0 bridgehead atoms. The molecule has 0 fully saturated rings. The zero-order valence-electron chi connectivity index (χ0n) is 8.29. The summed E-state index contributed by atoms with van der Waals surface area (Å²) in [5.41, 5.74) is 10.2. The minimum atomic E-state index is -3.40. The van der Waals surface area contributed by atoms with Gasteiger partial charge >= 0.3 is 0 Å². The van der Waals surface area contributed by atoms with Crippen molar-refractivity contribution in [1.29, 1.82) is 0 Å². The van der Waals surface area contributed by atoms with Gasteiger partial charge in [-0.15, -0.1) is 28.3 Å². The molecular weight excluding hydrogens is 316 g/mol. The number of sulfonamides is 1. The van der Waals surface area contributed by atoms with Gasteiger partial charge in [0.25, 0.3) is 0 Å². The number of nitrogens with two attached hydrogens (primary N) is 2. The summed E-state index contributed by atoms with van der Waals surface area (Å²) >= 11 is 1.16. The van der Waals surface area contributed by atoms with Gasteiger partial charge in [0.2, 0.25) is 10.0 Å². The minimum absolute atomic E-state index is 0. The summed E-state index contributed by atoms with van der Waals surface area (Å²) in [5, 5.41) is 1.70. The monoisotopic (exact) mass is 328 g/mol. The van der Waals surface area contributed by atoms with Gasteiger partial charge in [-0.2, -0.15) is 0 Å². The Morgan fingerprint density at radius 2 is 2.19 bits per heavy atom. The number of rotatable bonds is 5. The van der Waals surface area contributed by atoms with Crippen LogP contribution in [0.2, 0.25) is 0 Å². The van der Waals surface area contributed by atoms with Crippen molar-refractivity contribution in [2.75, 3.05) is 13.1 Å². The fraction of sp³-hybridized carbons (Fsp3) is 0.286. The molecule has 1 aromatic heterocycles. The van der Waals surface area contributed by atoms with Crippen molar-refractivity contribution in [3.05, 3.63) is 17.5 Å². The maximum Gasteiger partial charge on any atom is 0.250 e. The Labute approximate surface area is 109 Å². The zero-order valence-corrected chi connectivity index (χ0v) is 11.6. The fourth-order valence-corrected chi connectivity index (χ4v) is 2.91. The summed E-state index contributed by atoms with van der Waals surface area (Å²) in [6.45, 7) is 0.408. The lowest BCUT2D eigenvalue weighted by atomic mass is 10.7. The molecule has 1 rings (SSSR count). The van der Waals surface area contributed by atoms with Gasteiger partial charge in [0.1, 0.15) is 4.21 Å². The van der Waals surface area contributed by atoms with Crippen molar-refractivity contribution < 1.29 is 8.42 Å². The van der Waals surface area contributed by atoms with E-state index in [1.807, 2.05) is 0 Å². The molecule has 0 aliphatic heterocycles. The van der Waals surface area contributed by atoms with E-state index in [0.717, 1.165) is 11.3 Å². The van der Waals surface area contributed by atoms with Gasteiger partial charge in [-0.25, -0.2) is 13.1 Å². The first-order chi connectivity index (χ1) is 7.02. The fourth-order valence-electron chi connectivity index (χ4n) is 0.853. The average Bonchev–Trinajstić information content (AvgIpc) is 2.65. The van der Waals surface area contributed by atoms with Crippen LogP contribution in [0.25, 0.3) is 0 Å². The van der Waals surface area contributed by atoms with E-state index in [-0.39, 0.29) is 40.2 Å². The number of nitrogens with zero attached hydrogens (tertiary/aromatic N) is 1. The summed E-state index contributed by atoms with van der Waals surface area (Å²) in [6, 6.07) is 3.21. The van der Waals surface area contributed by atoms with E-state index in [0.29, 0.717) is 0 Å². The van der Waals surface area contributed by atoms with Gasteiger partial charge in [-0.05, 0) is 11.4 Å². The van der Waals surface area contributed by atoms with Crippen LogP contribution in [-0.4, -0.2) is 27.5 Å². The lowest BCUT2D eigenvalue weighted by Gasteiger charge is -2.02. The summed E-state index contributed by atoms with van der Waals surface area (Å²) in [6.07, 6.45) is 0. The number of thiophene rings is 1. The third kappa shape index (κ3) is 4.92. The number of halogens is 1. The molecule has 0 aromatic carbocycles. The smallest absolute Gasteiger partial charge is 0.250 e. The van der Waals surface area contributed by atoms with Crippen molar-refractivity contribution in [2.45, 2.75) is 4.21 Å².